The number of carbonyl (C=O) groups is 1. The molecule has 1 N–H and O–H groups in total. The number of aromatic hydroxyl groups is 1. The van der Waals surface area contributed by atoms with Crippen LogP contribution < -0.4 is 5.43 Å². The topological polar surface area (TPSA) is 88.3 Å². The van der Waals surface area contributed by atoms with E-state index < -0.39 is 22.8 Å². The summed E-state index contributed by atoms with van der Waals surface area (Å²) in [6, 6.07) is 3.59. The molecule has 1 aliphatic carbocycles. The van der Waals surface area contributed by atoms with Crippen LogP contribution in [0.5, 0.6) is 5.75 Å². The molecule has 1 amide bonds. The molecule has 1 aromatic carbocycles. The zero-order valence-electron chi connectivity index (χ0n) is 16.8. The molecule has 6 rings (SSSR count). The molecule has 2 fully saturated rings. The smallest absolute Gasteiger partial charge is 0.275 e. The first-order valence-corrected chi connectivity index (χ1v) is 11.3. The first kappa shape index (κ1) is 19.5. The second-order valence-electron chi connectivity index (χ2n) is 8.64. The summed E-state index contributed by atoms with van der Waals surface area (Å²) in [6.07, 6.45) is 4.70. The van der Waals surface area contributed by atoms with Gasteiger partial charge in [-0.3, -0.25) is 9.59 Å². The highest BCUT2D eigenvalue weighted by Crippen LogP contribution is 2.46. The molecule has 3 aromatic rings. The van der Waals surface area contributed by atoms with Crippen LogP contribution in [-0.4, -0.2) is 42.8 Å². The Bertz CT molecular complexity index is 1340. The van der Waals surface area contributed by atoms with E-state index in [0.717, 1.165) is 36.7 Å². The fraction of sp³-hybridized carbons (Fsp3) is 0.364. The molecular weight excluding hydrogens is 438 g/mol. The summed E-state index contributed by atoms with van der Waals surface area (Å²) in [5, 5.41) is 19.5. The third-order valence-corrected chi connectivity index (χ3v) is 7.83. The molecule has 0 spiro atoms. The Morgan fingerprint density at radius 3 is 2.84 bits per heavy atom. The van der Waals surface area contributed by atoms with E-state index in [1.165, 1.54) is 12.1 Å². The van der Waals surface area contributed by atoms with Gasteiger partial charge >= 0.3 is 0 Å². The van der Waals surface area contributed by atoms with Crippen LogP contribution in [0.4, 0.5) is 8.78 Å². The Kier molecular flexibility index (Phi) is 4.23. The van der Waals surface area contributed by atoms with Gasteiger partial charge in [0, 0.05) is 31.3 Å². The largest absolute Gasteiger partial charge is 0.503 e. The van der Waals surface area contributed by atoms with Crippen molar-refractivity contribution in [1.29, 1.82) is 0 Å². The molecule has 1 saturated heterocycles. The van der Waals surface area contributed by atoms with Gasteiger partial charge in [-0.05, 0) is 36.8 Å². The van der Waals surface area contributed by atoms with Gasteiger partial charge in [0.15, 0.2) is 16.5 Å². The van der Waals surface area contributed by atoms with Gasteiger partial charge < -0.3 is 14.6 Å². The maximum Gasteiger partial charge on any atom is 0.275 e. The van der Waals surface area contributed by atoms with Crippen molar-refractivity contribution < 1.29 is 18.7 Å². The zero-order valence-corrected chi connectivity index (χ0v) is 17.6. The predicted molar refractivity (Wildman–Crippen MR) is 112 cm³/mol. The maximum absolute atomic E-state index is 14.0. The van der Waals surface area contributed by atoms with E-state index in [1.54, 1.807) is 10.8 Å². The first-order chi connectivity index (χ1) is 15.4. The zero-order chi connectivity index (χ0) is 22.1. The monoisotopic (exact) mass is 456 g/mol. The molecule has 4 heterocycles. The molecule has 32 heavy (non-hydrogen) atoms. The van der Waals surface area contributed by atoms with E-state index in [1.807, 2.05) is 4.90 Å². The number of rotatable bonds is 3. The van der Waals surface area contributed by atoms with Crippen LogP contribution in [0.25, 0.3) is 10.6 Å². The van der Waals surface area contributed by atoms with E-state index in [-0.39, 0.29) is 46.2 Å². The molecule has 3 aliphatic rings. The Morgan fingerprint density at radius 1 is 1.19 bits per heavy atom. The number of hydrogen-bond donors (Lipinski definition) is 1. The van der Waals surface area contributed by atoms with E-state index in [9.17, 15) is 23.5 Å². The second kappa shape index (κ2) is 6.93. The average molecular weight is 456 g/mol. The lowest BCUT2D eigenvalue weighted by Crippen LogP contribution is -2.52. The Morgan fingerprint density at radius 2 is 2.03 bits per heavy atom. The van der Waals surface area contributed by atoms with Gasteiger partial charge in [-0.1, -0.05) is 17.4 Å². The molecule has 10 heteroatoms. The van der Waals surface area contributed by atoms with E-state index in [2.05, 4.69) is 10.2 Å². The van der Waals surface area contributed by atoms with Crippen molar-refractivity contribution in [3.05, 3.63) is 62.5 Å². The number of benzene rings is 1. The molecule has 1 saturated carbocycles. The van der Waals surface area contributed by atoms with Crippen LogP contribution in [0.2, 0.25) is 0 Å². The van der Waals surface area contributed by atoms with Gasteiger partial charge in [-0.15, -0.1) is 10.2 Å². The van der Waals surface area contributed by atoms with Gasteiger partial charge in [0.2, 0.25) is 5.43 Å². The van der Waals surface area contributed by atoms with Crippen molar-refractivity contribution in [2.24, 2.45) is 5.92 Å². The van der Waals surface area contributed by atoms with Crippen molar-refractivity contribution in [2.75, 3.05) is 0 Å². The Balaban J connectivity index is 1.36. The van der Waals surface area contributed by atoms with E-state index in [4.69, 9.17) is 0 Å². The van der Waals surface area contributed by atoms with Crippen LogP contribution in [0.3, 0.4) is 0 Å². The summed E-state index contributed by atoms with van der Waals surface area (Å²) in [6.45, 7) is 0.523. The molecule has 2 aliphatic heterocycles. The summed E-state index contributed by atoms with van der Waals surface area (Å²) in [7, 11) is 0. The minimum absolute atomic E-state index is 0.0284. The van der Waals surface area contributed by atoms with Crippen molar-refractivity contribution in [2.45, 2.75) is 44.3 Å². The van der Waals surface area contributed by atoms with Crippen LogP contribution in [0.1, 0.15) is 40.3 Å². The molecule has 0 unspecified atom stereocenters. The van der Waals surface area contributed by atoms with Gasteiger partial charge in [0.05, 0.1) is 11.6 Å². The minimum Gasteiger partial charge on any atom is -0.503 e. The summed E-state index contributed by atoms with van der Waals surface area (Å²) in [4.78, 5) is 27.8. The number of pyridine rings is 1. The number of nitrogens with zero attached hydrogens (tertiary/aromatic N) is 4. The number of hydrogen-bond acceptors (Lipinski definition) is 6. The molecule has 7 nitrogen and oxygen atoms in total. The number of amides is 1. The van der Waals surface area contributed by atoms with Crippen molar-refractivity contribution >= 4 is 17.2 Å². The number of piperidine rings is 1. The number of fused-ring (bicyclic) bond motifs is 6. The third-order valence-electron chi connectivity index (χ3n) is 6.87. The quantitative estimate of drug-likeness (QED) is 0.655. The Labute approximate surface area is 184 Å². The standard InChI is InChI=1S/C22H18F2N4O3S/c23-12-3-1-10(15(24)7-12)6-17-25-26-21(32-17)14-8-27-9-16-11-2-4-13(5-11)28(16)22(31)18(27)20(30)19(14)29/h1,3,7-8,11,13,16,30H,2,4-6,9H2/t11-,13+,16+/m0/s1. The van der Waals surface area contributed by atoms with Crippen molar-refractivity contribution in [3.8, 4) is 16.3 Å². The van der Waals surface area contributed by atoms with Crippen LogP contribution in [0.15, 0.2) is 29.2 Å². The molecule has 2 aromatic heterocycles. The number of carbonyl (C=O) groups excluding carboxylic acids is 1. The van der Waals surface area contributed by atoms with Crippen LogP contribution in [0, 0.1) is 17.6 Å². The average Bonchev–Trinajstić information content (AvgIpc) is 3.49. The number of aromatic nitrogens is 3. The molecule has 2 bridgehead atoms. The van der Waals surface area contributed by atoms with Crippen LogP contribution in [-0.2, 0) is 13.0 Å². The highest BCUT2D eigenvalue weighted by atomic mass is 32.1. The third kappa shape index (κ3) is 2.82. The minimum atomic E-state index is -0.679. The summed E-state index contributed by atoms with van der Waals surface area (Å²) < 4.78 is 28.8. The normalized spacial score (nSPS) is 23.5. The van der Waals surface area contributed by atoms with E-state index >= 15 is 0 Å². The lowest BCUT2D eigenvalue weighted by atomic mass is 9.96. The first-order valence-electron chi connectivity index (χ1n) is 10.5. The van der Waals surface area contributed by atoms with Crippen LogP contribution >= 0.6 is 11.3 Å². The van der Waals surface area contributed by atoms with Crippen molar-refractivity contribution in [1.82, 2.24) is 19.7 Å². The second-order valence-corrected chi connectivity index (χ2v) is 9.70. The van der Waals surface area contributed by atoms with Gasteiger partial charge in [0.1, 0.15) is 16.6 Å². The predicted octanol–water partition coefficient (Wildman–Crippen LogP) is 2.95. The highest BCUT2D eigenvalue weighted by Gasteiger charge is 2.51. The summed E-state index contributed by atoms with van der Waals surface area (Å²) in [5.41, 5.74) is -0.233. The fourth-order valence-corrected chi connectivity index (χ4v) is 6.27. The lowest BCUT2D eigenvalue weighted by molar-refractivity contribution is 0.0483. The molecule has 164 valence electrons. The summed E-state index contributed by atoms with van der Waals surface area (Å²) in [5.74, 6) is -1.76. The van der Waals surface area contributed by atoms with Gasteiger partial charge in [-0.25, -0.2) is 8.78 Å². The molecule has 0 radical (unpaired) electrons. The van der Waals surface area contributed by atoms with Gasteiger partial charge in [0.25, 0.3) is 5.91 Å². The Hall–Kier alpha value is -3.14. The van der Waals surface area contributed by atoms with Gasteiger partial charge in [-0.2, -0.15) is 0 Å². The van der Waals surface area contributed by atoms with E-state index in [0.29, 0.717) is 17.5 Å². The highest BCUT2D eigenvalue weighted by molar-refractivity contribution is 7.14. The summed E-state index contributed by atoms with van der Waals surface area (Å²) >= 11 is 1.10. The number of halogens is 2. The molecular formula is C22H18F2N4O3S. The SMILES string of the molecule is O=C1c2c(O)c(=O)c(-c3nnc(Cc4ccc(F)cc4F)s3)cn2C[C@@H]2[C@H]3CC[C@H](C3)N12. The fourth-order valence-electron chi connectivity index (χ4n) is 5.40. The van der Waals surface area contributed by atoms with Crippen molar-refractivity contribution in [3.63, 3.8) is 0 Å². The maximum atomic E-state index is 14.0. The molecule has 3 atom stereocenters. The lowest BCUT2D eigenvalue weighted by Gasteiger charge is -2.40.